The molecule has 108 valence electrons. The zero-order valence-corrected chi connectivity index (χ0v) is 11.3. The quantitative estimate of drug-likeness (QED) is 0.634. The molecule has 0 unspecified atom stereocenters. The number of pyridine rings is 1. The molecule has 0 amide bonds. The van der Waals surface area contributed by atoms with Crippen molar-refractivity contribution in [3.8, 4) is 0 Å². The molecule has 0 radical (unpaired) electrons. The SMILES string of the molecule is CC1(CNc2nc(C(=O)O)ccc2[N+](=O)[O-])CCCC1. The Hall–Kier alpha value is -2.18. The Balaban J connectivity index is 2.21. The van der Waals surface area contributed by atoms with Crippen LogP contribution in [0, 0.1) is 15.5 Å². The van der Waals surface area contributed by atoms with Crippen LogP contribution in [0.4, 0.5) is 11.5 Å². The fourth-order valence-electron chi connectivity index (χ4n) is 2.55. The van der Waals surface area contributed by atoms with Gasteiger partial charge in [0.15, 0.2) is 5.69 Å². The van der Waals surface area contributed by atoms with Gasteiger partial charge in [0.05, 0.1) is 4.92 Å². The molecule has 1 aliphatic carbocycles. The van der Waals surface area contributed by atoms with E-state index in [0.29, 0.717) is 6.54 Å². The van der Waals surface area contributed by atoms with E-state index in [0.717, 1.165) is 31.7 Å². The fourth-order valence-corrected chi connectivity index (χ4v) is 2.55. The zero-order valence-electron chi connectivity index (χ0n) is 11.3. The molecule has 7 nitrogen and oxygen atoms in total. The highest BCUT2D eigenvalue weighted by Gasteiger charge is 2.29. The van der Waals surface area contributed by atoms with Crippen LogP contribution < -0.4 is 5.32 Å². The van der Waals surface area contributed by atoms with E-state index in [2.05, 4.69) is 17.2 Å². The van der Waals surface area contributed by atoms with Crippen LogP contribution >= 0.6 is 0 Å². The number of anilines is 1. The van der Waals surface area contributed by atoms with Crippen molar-refractivity contribution in [1.82, 2.24) is 4.98 Å². The predicted molar refractivity (Wildman–Crippen MR) is 72.9 cm³/mol. The van der Waals surface area contributed by atoms with E-state index < -0.39 is 10.9 Å². The van der Waals surface area contributed by atoms with E-state index >= 15 is 0 Å². The van der Waals surface area contributed by atoms with Gasteiger partial charge in [0.1, 0.15) is 0 Å². The number of nitrogens with one attached hydrogen (secondary N) is 1. The molecule has 20 heavy (non-hydrogen) atoms. The van der Waals surface area contributed by atoms with Crippen molar-refractivity contribution >= 4 is 17.5 Å². The Morgan fingerprint density at radius 3 is 2.70 bits per heavy atom. The molecule has 0 aliphatic heterocycles. The lowest BCUT2D eigenvalue weighted by Crippen LogP contribution is -2.24. The minimum absolute atomic E-state index is 0.0306. The third-order valence-electron chi connectivity index (χ3n) is 3.78. The summed E-state index contributed by atoms with van der Waals surface area (Å²) in [4.78, 5) is 25.1. The third kappa shape index (κ3) is 3.04. The monoisotopic (exact) mass is 279 g/mol. The van der Waals surface area contributed by atoms with Crippen molar-refractivity contribution in [3.05, 3.63) is 27.9 Å². The number of carbonyl (C=O) groups is 1. The van der Waals surface area contributed by atoms with Crippen molar-refractivity contribution in [1.29, 1.82) is 0 Å². The molecule has 1 fully saturated rings. The first-order chi connectivity index (χ1) is 9.41. The number of carboxylic acid groups (broad SMARTS) is 1. The predicted octanol–water partition coefficient (Wildman–Crippen LogP) is 2.68. The molecule has 0 atom stereocenters. The van der Waals surface area contributed by atoms with Gasteiger partial charge in [0.2, 0.25) is 5.82 Å². The number of hydrogen-bond acceptors (Lipinski definition) is 5. The van der Waals surface area contributed by atoms with Gasteiger partial charge in [-0.15, -0.1) is 0 Å². The second-order valence-electron chi connectivity index (χ2n) is 5.50. The van der Waals surface area contributed by atoms with Crippen molar-refractivity contribution in [2.24, 2.45) is 5.41 Å². The summed E-state index contributed by atoms with van der Waals surface area (Å²) in [6, 6.07) is 2.32. The number of carboxylic acids is 1. The Bertz CT molecular complexity index is 538. The lowest BCUT2D eigenvalue weighted by atomic mass is 9.89. The summed E-state index contributed by atoms with van der Waals surface area (Å²) < 4.78 is 0. The molecule has 0 spiro atoms. The summed E-state index contributed by atoms with van der Waals surface area (Å²) in [5.74, 6) is -1.17. The minimum Gasteiger partial charge on any atom is -0.477 e. The van der Waals surface area contributed by atoms with E-state index in [-0.39, 0.29) is 22.6 Å². The van der Waals surface area contributed by atoms with Crippen LogP contribution in [0.3, 0.4) is 0 Å². The van der Waals surface area contributed by atoms with Gasteiger partial charge in [-0.25, -0.2) is 9.78 Å². The molecule has 1 heterocycles. The average Bonchev–Trinajstić information content (AvgIpc) is 2.83. The normalized spacial score (nSPS) is 16.9. The Morgan fingerprint density at radius 1 is 1.50 bits per heavy atom. The maximum absolute atomic E-state index is 11.0. The highest BCUT2D eigenvalue weighted by Crippen LogP contribution is 2.38. The van der Waals surface area contributed by atoms with Crippen LogP contribution in [0.1, 0.15) is 43.1 Å². The second kappa shape index (κ2) is 5.44. The molecule has 1 aliphatic rings. The smallest absolute Gasteiger partial charge is 0.354 e. The third-order valence-corrected chi connectivity index (χ3v) is 3.78. The topological polar surface area (TPSA) is 105 Å². The van der Waals surface area contributed by atoms with Gasteiger partial charge in [-0.05, 0) is 24.3 Å². The number of hydrogen-bond donors (Lipinski definition) is 2. The highest BCUT2D eigenvalue weighted by molar-refractivity contribution is 5.86. The van der Waals surface area contributed by atoms with Gasteiger partial charge in [-0.3, -0.25) is 10.1 Å². The molecule has 2 rings (SSSR count). The molecular weight excluding hydrogens is 262 g/mol. The van der Waals surface area contributed by atoms with Crippen molar-refractivity contribution in [3.63, 3.8) is 0 Å². The maximum Gasteiger partial charge on any atom is 0.354 e. The summed E-state index contributed by atoms with van der Waals surface area (Å²) in [7, 11) is 0. The second-order valence-corrected chi connectivity index (χ2v) is 5.50. The lowest BCUT2D eigenvalue weighted by molar-refractivity contribution is -0.384. The molecule has 0 bridgehead atoms. The molecule has 7 heteroatoms. The summed E-state index contributed by atoms with van der Waals surface area (Å²) in [5, 5.41) is 22.8. The number of aromatic carboxylic acids is 1. The maximum atomic E-state index is 11.0. The van der Waals surface area contributed by atoms with E-state index in [9.17, 15) is 14.9 Å². The Kier molecular flexibility index (Phi) is 3.87. The molecule has 0 aromatic carbocycles. The first-order valence-electron chi connectivity index (χ1n) is 6.54. The van der Waals surface area contributed by atoms with Crippen LogP contribution in [-0.4, -0.2) is 27.5 Å². The van der Waals surface area contributed by atoms with Gasteiger partial charge in [-0.2, -0.15) is 0 Å². The van der Waals surface area contributed by atoms with Crippen molar-refractivity contribution < 1.29 is 14.8 Å². The van der Waals surface area contributed by atoms with E-state index in [4.69, 9.17) is 5.11 Å². The summed E-state index contributed by atoms with van der Waals surface area (Å²) >= 11 is 0. The van der Waals surface area contributed by atoms with Crippen molar-refractivity contribution in [2.75, 3.05) is 11.9 Å². The largest absolute Gasteiger partial charge is 0.477 e. The molecule has 0 saturated heterocycles. The summed E-state index contributed by atoms with van der Waals surface area (Å²) in [6.07, 6.45) is 4.44. The lowest BCUT2D eigenvalue weighted by Gasteiger charge is -2.23. The number of nitrogens with zero attached hydrogens (tertiary/aromatic N) is 2. The molecule has 1 aromatic heterocycles. The first-order valence-corrected chi connectivity index (χ1v) is 6.54. The highest BCUT2D eigenvalue weighted by atomic mass is 16.6. The number of aromatic nitrogens is 1. The fraction of sp³-hybridized carbons (Fsp3) is 0.538. The zero-order chi connectivity index (χ0) is 14.8. The molecular formula is C13H17N3O4. The first kappa shape index (κ1) is 14.2. The molecule has 2 N–H and O–H groups in total. The Labute approximate surface area is 116 Å². The van der Waals surface area contributed by atoms with Gasteiger partial charge < -0.3 is 10.4 Å². The number of nitro groups is 1. The molecule has 1 saturated carbocycles. The van der Waals surface area contributed by atoms with Crippen LogP contribution in [0.2, 0.25) is 0 Å². The van der Waals surface area contributed by atoms with Gasteiger partial charge in [0.25, 0.3) is 0 Å². The standard InChI is InChI=1S/C13H17N3O4/c1-13(6-2-3-7-13)8-14-11-10(16(19)20)5-4-9(15-11)12(17)18/h4-5H,2-3,6-8H2,1H3,(H,14,15)(H,17,18). The van der Waals surface area contributed by atoms with E-state index in [1.807, 2.05) is 0 Å². The molecule has 1 aromatic rings. The van der Waals surface area contributed by atoms with E-state index in [1.165, 1.54) is 6.07 Å². The Morgan fingerprint density at radius 2 is 2.15 bits per heavy atom. The van der Waals surface area contributed by atoms with Crippen LogP contribution in [0.15, 0.2) is 12.1 Å². The minimum atomic E-state index is -1.20. The van der Waals surface area contributed by atoms with Crippen LogP contribution in [-0.2, 0) is 0 Å². The van der Waals surface area contributed by atoms with Crippen molar-refractivity contribution in [2.45, 2.75) is 32.6 Å². The number of rotatable bonds is 5. The van der Waals surface area contributed by atoms with E-state index in [1.54, 1.807) is 0 Å². The summed E-state index contributed by atoms with van der Waals surface area (Å²) in [5.41, 5.74) is -0.305. The van der Waals surface area contributed by atoms with Gasteiger partial charge in [-0.1, -0.05) is 19.8 Å². The van der Waals surface area contributed by atoms with Crippen LogP contribution in [0.25, 0.3) is 0 Å². The average molecular weight is 279 g/mol. The van der Waals surface area contributed by atoms with Crippen LogP contribution in [0.5, 0.6) is 0 Å². The summed E-state index contributed by atoms with van der Waals surface area (Å²) in [6.45, 7) is 2.68. The van der Waals surface area contributed by atoms with Gasteiger partial charge in [0, 0.05) is 12.6 Å². The van der Waals surface area contributed by atoms with Gasteiger partial charge >= 0.3 is 11.7 Å².